The number of amides is 2. The molecule has 1 aliphatic carbocycles. The Bertz CT molecular complexity index is 689. The molecule has 0 saturated heterocycles. The second kappa shape index (κ2) is 9.22. The van der Waals surface area contributed by atoms with E-state index in [9.17, 15) is 9.59 Å². The molecule has 2 N–H and O–H groups in total. The van der Waals surface area contributed by atoms with Crippen LogP contribution < -0.4 is 10.6 Å². The fraction of sp³-hybridized carbons (Fsp3) is 0.429. The van der Waals surface area contributed by atoms with Gasteiger partial charge in [-0.1, -0.05) is 56.0 Å². The predicted octanol–water partition coefficient (Wildman–Crippen LogP) is 3.46. The second-order valence-corrected chi connectivity index (χ2v) is 6.89. The lowest BCUT2D eigenvalue weighted by Gasteiger charge is -2.22. The average molecular weight is 354 g/mol. The minimum absolute atomic E-state index is 0.124. The summed E-state index contributed by atoms with van der Waals surface area (Å²) in [5, 5.41) is 5.97. The Morgan fingerprint density at radius 2 is 1.73 bits per heavy atom. The molecule has 0 spiro atoms. The molecule has 1 saturated carbocycles. The molecule has 1 heterocycles. The average Bonchev–Trinajstić information content (AvgIpc) is 3.08. The van der Waals surface area contributed by atoms with Crippen molar-refractivity contribution in [1.82, 2.24) is 10.6 Å². The summed E-state index contributed by atoms with van der Waals surface area (Å²) in [6.07, 6.45) is 8.68. The van der Waals surface area contributed by atoms with Crippen molar-refractivity contribution in [2.75, 3.05) is 0 Å². The van der Waals surface area contributed by atoms with Gasteiger partial charge in [-0.3, -0.25) is 9.59 Å². The smallest absolute Gasteiger partial charge is 0.287 e. The fourth-order valence-electron chi connectivity index (χ4n) is 3.42. The van der Waals surface area contributed by atoms with Crippen LogP contribution in [0.3, 0.4) is 0 Å². The molecule has 1 fully saturated rings. The molecule has 1 aromatic carbocycles. The van der Waals surface area contributed by atoms with Crippen molar-refractivity contribution in [2.24, 2.45) is 0 Å². The molecule has 3 rings (SSSR count). The van der Waals surface area contributed by atoms with Gasteiger partial charge in [0, 0.05) is 12.5 Å². The van der Waals surface area contributed by atoms with Crippen molar-refractivity contribution in [3.63, 3.8) is 0 Å². The number of hydrogen-bond acceptors (Lipinski definition) is 3. The van der Waals surface area contributed by atoms with Gasteiger partial charge in [0.15, 0.2) is 5.76 Å². The molecule has 5 heteroatoms. The van der Waals surface area contributed by atoms with Gasteiger partial charge < -0.3 is 15.1 Å². The van der Waals surface area contributed by atoms with Crippen molar-refractivity contribution in [2.45, 2.75) is 57.0 Å². The van der Waals surface area contributed by atoms with Crippen LogP contribution in [0, 0.1) is 0 Å². The molecule has 0 aliphatic heterocycles. The molecular weight excluding hydrogens is 328 g/mol. The summed E-state index contributed by atoms with van der Waals surface area (Å²) in [4.78, 5) is 25.2. The van der Waals surface area contributed by atoms with Crippen LogP contribution in [0.4, 0.5) is 0 Å². The van der Waals surface area contributed by atoms with E-state index in [0.29, 0.717) is 6.42 Å². The van der Waals surface area contributed by atoms with Crippen molar-refractivity contribution in [1.29, 1.82) is 0 Å². The van der Waals surface area contributed by atoms with Crippen molar-refractivity contribution in [3.8, 4) is 0 Å². The SMILES string of the molecule is O=C(N[C@H](Cc1ccccc1)C(=O)NC1CCCCCC1)c1ccco1. The largest absolute Gasteiger partial charge is 0.459 e. The lowest BCUT2D eigenvalue weighted by atomic mass is 10.0. The van der Waals surface area contributed by atoms with E-state index in [1.54, 1.807) is 12.1 Å². The van der Waals surface area contributed by atoms with Gasteiger partial charge in [-0.2, -0.15) is 0 Å². The topological polar surface area (TPSA) is 71.3 Å². The van der Waals surface area contributed by atoms with E-state index >= 15 is 0 Å². The molecule has 0 bridgehead atoms. The number of carbonyl (C=O) groups excluding carboxylic acids is 2. The Hall–Kier alpha value is -2.56. The summed E-state index contributed by atoms with van der Waals surface area (Å²) in [6.45, 7) is 0. The Labute approximate surface area is 154 Å². The van der Waals surface area contributed by atoms with Gasteiger partial charge in [0.05, 0.1) is 6.26 Å². The van der Waals surface area contributed by atoms with Crippen LogP contribution in [-0.2, 0) is 11.2 Å². The molecular formula is C21H26N2O3. The maximum atomic E-state index is 12.9. The van der Waals surface area contributed by atoms with Crippen LogP contribution in [0.5, 0.6) is 0 Å². The minimum atomic E-state index is -0.627. The van der Waals surface area contributed by atoms with Gasteiger partial charge in [-0.25, -0.2) is 0 Å². The second-order valence-electron chi connectivity index (χ2n) is 6.89. The Balaban J connectivity index is 1.68. The summed E-state index contributed by atoms with van der Waals surface area (Å²) in [7, 11) is 0. The third-order valence-electron chi connectivity index (χ3n) is 4.85. The molecule has 138 valence electrons. The molecule has 5 nitrogen and oxygen atoms in total. The van der Waals surface area contributed by atoms with Crippen LogP contribution in [0.1, 0.15) is 54.6 Å². The first-order chi connectivity index (χ1) is 12.7. The fourth-order valence-corrected chi connectivity index (χ4v) is 3.42. The van der Waals surface area contributed by atoms with Crippen LogP contribution in [0.2, 0.25) is 0 Å². The number of hydrogen-bond donors (Lipinski definition) is 2. The molecule has 0 unspecified atom stereocenters. The Kier molecular flexibility index (Phi) is 6.47. The highest BCUT2D eigenvalue weighted by atomic mass is 16.3. The van der Waals surface area contributed by atoms with Crippen molar-refractivity contribution < 1.29 is 14.0 Å². The van der Waals surface area contributed by atoms with Gasteiger partial charge in [-0.15, -0.1) is 0 Å². The van der Waals surface area contributed by atoms with Gasteiger partial charge in [0.25, 0.3) is 5.91 Å². The zero-order valence-corrected chi connectivity index (χ0v) is 14.9. The number of carbonyl (C=O) groups is 2. The number of furan rings is 1. The first-order valence-electron chi connectivity index (χ1n) is 9.41. The first kappa shape index (κ1) is 18.2. The van der Waals surface area contributed by atoms with Gasteiger partial charge in [0.2, 0.25) is 5.91 Å². The minimum Gasteiger partial charge on any atom is -0.459 e. The molecule has 26 heavy (non-hydrogen) atoms. The van der Waals surface area contributed by atoms with E-state index in [4.69, 9.17) is 4.42 Å². The summed E-state index contributed by atoms with van der Waals surface area (Å²) < 4.78 is 5.15. The van der Waals surface area contributed by atoms with Crippen molar-refractivity contribution >= 4 is 11.8 Å². The van der Waals surface area contributed by atoms with E-state index in [0.717, 1.165) is 31.2 Å². The van der Waals surface area contributed by atoms with Gasteiger partial charge >= 0.3 is 0 Å². The van der Waals surface area contributed by atoms with Crippen LogP contribution in [0.25, 0.3) is 0 Å². The summed E-state index contributed by atoms with van der Waals surface area (Å²) in [5.74, 6) is -0.280. The van der Waals surface area contributed by atoms with E-state index < -0.39 is 6.04 Å². The zero-order valence-electron chi connectivity index (χ0n) is 14.9. The maximum Gasteiger partial charge on any atom is 0.287 e. The third kappa shape index (κ3) is 5.22. The molecule has 2 aromatic rings. The molecule has 2 amide bonds. The van der Waals surface area contributed by atoms with Crippen LogP contribution >= 0.6 is 0 Å². The molecule has 1 aliphatic rings. The van der Waals surface area contributed by atoms with E-state index in [1.807, 2.05) is 30.3 Å². The Morgan fingerprint density at radius 1 is 1.00 bits per heavy atom. The summed E-state index contributed by atoms with van der Waals surface area (Å²) in [5.41, 5.74) is 1.01. The lowest BCUT2D eigenvalue weighted by molar-refractivity contribution is -0.123. The molecule has 0 radical (unpaired) electrons. The summed E-state index contributed by atoms with van der Waals surface area (Å²) in [6, 6.07) is 12.6. The highest BCUT2D eigenvalue weighted by molar-refractivity contribution is 5.95. The predicted molar refractivity (Wildman–Crippen MR) is 99.7 cm³/mol. The maximum absolute atomic E-state index is 12.9. The highest BCUT2D eigenvalue weighted by Crippen LogP contribution is 2.17. The van der Waals surface area contributed by atoms with Crippen molar-refractivity contribution in [3.05, 3.63) is 60.1 Å². The zero-order chi connectivity index (χ0) is 18.2. The normalized spacial score (nSPS) is 16.5. The van der Waals surface area contributed by atoms with E-state index in [2.05, 4.69) is 10.6 Å². The standard InChI is InChI=1S/C21H26N2O3/c24-20(22-17-11-6-1-2-7-12-17)18(15-16-9-4-3-5-10-16)23-21(25)19-13-8-14-26-19/h3-5,8-10,13-14,17-18H,1-2,6-7,11-12,15H2,(H,22,24)(H,23,25)/t18-/m1/s1. The highest BCUT2D eigenvalue weighted by Gasteiger charge is 2.25. The van der Waals surface area contributed by atoms with E-state index in [-0.39, 0.29) is 23.6 Å². The van der Waals surface area contributed by atoms with Gasteiger partial charge in [0.1, 0.15) is 6.04 Å². The number of nitrogens with one attached hydrogen (secondary N) is 2. The summed E-state index contributed by atoms with van der Waals surface area (Å²) >= 11 is 0. The first-order valence-corrected chi connectivity index (χ1v) is 9.41. The monoisotopic (exact) mass is 354 g/mol. The van der Waals surface area contributed by atoms with E-state index in [1.165, 1.54) is 19.1 Å². The quantitative estimate of drug-likeness (QED) is 0.781. The van der Waals surface area contributed by atoms with Crippen LogP contribution in [-0.4, -0.2) is 23.9 Å². The Morgan fingerprint density at radius 3 is 2.38 bits per heavy atom. The molecule has 1 aromatic heterocycles. The third-order valence-corrected chi connectivity index (χ3v) is 4.85. The number of rotatable bonds is 6. The van der Waals surface area contributed by atoms with Crippen LogP contribution in [0.15, 0.2) is 53.1 Å². The number of benzene rings is 1. The van der Waals surface area contributed by atoms with Gasteiger partial charge in [-0.05, 0) is 30.5 Å². The lowest BCUT2D eigenvalue weighted by Crippen LogP contribution is -2.50. The molecule has 1 atom stereocenters.